The maximum Gasteiger partial charge on any atom is 0.0593 e. The van der Waals surface area contributed by atoms with Gasteiger partial charge in [-0.15, -0.1) is 0 Å². The summed E-state index contributed by atoms with van der Waals surface area (Å²) in [4.78, 5) is 0. The first-order valence-electron chi connectivity index (χ1n) is 3.25. The van der Waals surface area contributed by atoms with Gasteiger partial charge in [0.25, 0.3) is 0 Å². The van der Waals surface area contributed by atoms with Gasteiger partial charge in [0.2, 0.25) is 0 Å². The summed E-state index contributed by atoms with van der Waals surface area (Å²) in [6.45, 7) is 5.97. The average Bonchev–Trinajstić information content (AvgIpc) is 2.20. The number of aromatic nitrogens is 2. The Hall–Kier alpha value is -0.790. The molecule has 0 radical (unpaired) electrons. The van der Waals surface area contributed by atoms with Gasteiger partial charge in [-0.05, 0) is 13.0 Å². The van der Waals surface area contributed by atoms with Crippen LogP contribution in [0.1, 0.15) is 19.5 Å². The van der Waals surface area contributed by atoms with Crippen molar-refractivity contribution in [2.45, 2.75) is 20.8 Å². The Balaban J connectivity index is 0.000000291. The third kappa shape index (κ3) is 2.90. The molecule has 9 heavy (non-hydrogen) atoms. The van der Waals surface area contributed by atoms with E-state index in [9.17, 15) is 0 Å². The molecule has 0 fully saturated rings. The van der Waals surface area contributed by atoms with E-state index < -0.39 is 0 Å². The van der Waals surface area contributed by atoms with Crippen molar-refractivity contribution in [1.82, 2.24) is 9.78 Å². The minimum atomic E-state index is 1.07. The van der Waals surface area contributed by atoms with Crippen LogP contribution in [-0.4, -0.2) is 9.78 Å². The molecule has 0 atom stereocenters. The predicted octanol–water partition coefficient (Wildman–Crippen LogP) is 1.75. The van der Waals surface area contributed by atoms with Gasteiger partial charge in [-0.2, -0.15) is 5.10 Å². The third-order valence-electron chi connectivity index (χ3n) is 0.847. The number of hydrogen-bond acceptors (Lipinski definition) is 1. The fraction of sp³-hybridized carbons (Fsp3) is 0.571. The maximum atomic E-state index is 4.03. The normalized spacial score (nSPS) is 8.00. The minimum absolute atomic E-state index is 1.07. The van der Waals surface area contributed by atoms with Gasteiger partial charge in [0, 0.05) is 13.2 Å². The molecular weight excluding hydrogens is 112 g/mol. The summed E-state index contributed by atoms with van der Waals surface area (Å²) in [6, 6.07) is 1.97. The van der Waals surface area contributed by atoms with E-state index in [2.05, 4.69) is 5.10 Å². The van der Waals surface area contributed by atoms with E-state index in [1.54, 1.807) is 4.68 Å². The molecule has 2 nitrogen and oxygen atoms in total. The summed E-state index contributed by atoms with van der Waals surface area (Å²) in [6.07, 6.45) is 1.93. The summed E-state index contributed by atoms with van der Waals surface area (Å²) in [5.41, 5.74) is 1.07. The molecule has 1 aromatic heterocycles. The Morgan fingerprint density at radius 3 is 2.11 bits per heavy atom. The van der Waals surface area contributed by atoms with Crippen LogP contribution in [0.15, 0.2) is 12.3 Å². The Kier molecular flexibility index (Phi) is 3.76. The van der Waals surface area contributed by atoms with Crippen LogP contribution in [0.3, 0.4) is 0 Å². The Morgan fingerprint density at radius 2 is 2.00 bits per heavy atom. The Labute approximate surface area is 56.5 Å². The quantitative estimate of drug-likeness (QED) is 0.518. The topological polar surface area (TPSA) is 17.8 Å². The highest BCUT2D eigenvalue weighted by atomic mass is 15.2. The van der Waals surface area contributed by atoms with Crippen LogP contribution < -0.4 is 0 Å². The second-order valence-corrected chi connectivity index (χ2v) is 1.63. The van der Waals surface area contributed by atoms with Crippen molar-refractivity contribution in [1.29, 1.82) is 0 Å². The summed E-state index contributed by atoms with van der Waals surface area (Å²) in [5, 5.41) is 4.03. The van der Waals surface area contributed by atoms with Crippen LogP contribution in [0.4, 0.5) is 0 Å². The Bertz CT molecular complexity index is 139. The molecule has 2 heteroatoms. The highest BCUT2D eigenvalue weighted by Gasteiger charge is 1.81. The molecule has 0 unspecified atom stereocenters. The van der Waals surface area contributed by atoms with E-state index in [0.29, 0.717) is 0 Å². The second-order valence-electron chi connectivity index (χ2n) is 1.63. The summed E-state index contributed by atoms with van der Waals surface area (Å²) in [5.74, 6) is 0. The minimum Gasteiger partial charge on any atom is -0.276 e. The van der Waals surface area contributed by atoms with E-state index >= 15 is 0 Å². The van der Waals surface area contributed by atoms with Crippen LogP contribution in [-0.2, 0) is 7.05 Å². The van der Waals surface area contributed by atoms with Gasteiger partial charge < -0.3 is 0 Å². The summed E-state index contributed by atoms with van der Waals surface area (Å²) >= 11 is 0. The van der Waals surface area contributed by atoms with E-state index in [1.807, 2.05) is 40.1 Å². The zero-order valence-electron chi connectivity index (χ0n) is 6.55. The molecule has 1 aromatic rings. The molecule has 0 aromatic carbocycles. The predicted molar refractivity (Wildman–Crippen MR) is 39.3 cm³/mol. The molecule has 52 valence electrons. The zero-order chi connectivity index (χ0) is 7.28. The smallest absolute Gasteiger partial charge is 0.0593 e. The third-order valence-corrected chi connectivity index (χ3v) is 0.847. The molecule has 1 heterocycles. The second kappa shape index (κ2) is 4.13. The fourth-order valence-corrected chi connectivity index (χ4v) is 0.531. The van der Waals surface area contributed by atoms with Crippen LogP contribution >= 0.6 is 0 Å². The van der Waals surface area contributed by atoms with Gasteiger partial charge in [-0.25, -0.2) is 0 Å². The standard InChI is InChI=1S/C5H8N2.C2H6/c1-5-3-4-7(2)6-5;1-2/h3-4H,1-2H3;1-2H3. The molecule has 0 aliphatic carbocycles. The molecule has 0 aliphatic rings. The fourth-order valence-electron chi connectivity index (χ4n) is 0.531. The van der Waals surface area contributed by atoms with E-state index in [-0.39, 0.29) is 0 Å². The number of nitrogens with zero attached hydrogens (tertiary/aromatic N) is 2. The van der Waals surface area contributed by atoms with Gasteiger partial charge in [0.1, 0.15) is 0 Å². The van der Waals surface area contributed by atoms with Crippen LogP contribution in [0.2, 0.25) is 0 Å². The first-order chi connectivity index (χ1) is 4.29. The first kappa shape index (κ1) is 8.21. The lowest BCUT2D eigenvalue weighted by molar-refractivity contribution is 0.756. The van der Waals surface area contributed by atoms with E-state index in [1.165, 1.54) is 0 Å². The van der Waals surface area contributed by atoms with Crippen molar-refractivity contribution in [2.75, 3.05) is 0 Å². The molecule has 0 N–H and O–H groups in total. The summed E-state index contributed by atoms with van der Waals surface area (Å²) < 4.78 is 1.79. The van der Waals surface area contributed by atoms with E-state index in [0.717, 1.165) is 5.69 Å². The van der Waals surface area contributed by atoms with Crippen molar-refractivity contribution in [3.8, 4) is 0 Å². The molecule has 0 spiro atoms. The van der Waals surface area contributed by atoms with Gasteiger partial charge in [-0.3, -0.25) is 4.68 Å². The lowest BCUT2D eigenvalue weighted by Gasteiger charge is -1.79. The van der Waals surface area contributed by atoms with Gasteiger partial charge in [0.05, 0.1) is 5.69 Å². The first-order valence-corrected chi connectivity index (χ1v) is 3.25. The molecule has 0 aliphatic heterocycles. The van der Waals surface area contributed by atoms with Gasteiger partial charge >= 0.3 is 0 Å². The molecule has 0 saturated carbocycles. The number of hydrogen-bond donors (Lipinski definition) is 0. The highest BCUT2D eigenvalue weighted by molar-refractivity contribution is 4.93. The van der Waals surface area contributed by atoms with Crippen molar-refractivity contribution in [3.63, 3.8) is 0 Å². The lowest BCUT2D eigenvalue weighted by Crippen LogP contribution is -1.86. The van der Waals surface area contributed by atoms with Crippen LogP contribution in [0.5, 0.6) is 0 Å². The summed E-state index contributed by atoms with van der Waals surface area (Å²) in [7, 11) is 1.91. The average molecular weight is 126 g/mol. The van der Waals surface area contributed by atoms with Gasteiger partial charge in [0.15, 0.2) is 0 Å². The van der Waals surface area contributed by atoms with Crippen LogP contribution in [0.25, 0.3) is 0 Å². The molecule has 1 rings (SSSR count). The molecule has 0 amide bonds. The SMILES string of the molecule is CC.Cc1ccn(C)n1. The van der Waals surface area contributed by atoms with Crippen molar-refractivity contribution < 1.29 is 0 Å². The van der Waals surface area contributed by atoms with E-state index in [4.69, 9.17) is 0 Å². The van der Waals surface area contributed by atoms with Crippen molar-refractivity contribution in [2.24, 2.45) is 7.05 Å². The Morgan fingerprint density at radius 1 is 1.44 bits per heavy atom. The largest absolute Gasteiger partial charge is 0.276 e. The van der Waals surface area contributed by atoms with Crippen molar-refractivity contribution in [3.05, 3.63) is 18.0 Å². The van der Waals surface area contributed by atoms with Crippen molar-refractivity contribution >= 4 is 0 Å². The van der Waals surface area contributed by atoms with Gasteiger partial charge in [-0.1, -0.05) is 13.8 Å². The monoisotopic (exact) mass is 126 g/mol. The number of aryl methyl sites for hydroxylation is 2. The molecule has 0 saturated heterocycles. The number of rotatable bonds is 0. The molecule has 0 bridgehead atoms. The highest BCUT2D eigenvalue weighted by Crippen LogP contribution is 1.86. The van der Waals surface area contributed by atoms with Crippen LogP contribution in [0, 0.1) is 6.92 Å². The maximum absolute atomic E-state index is 4.03. The zero-order valence-corrected chi connectivity index (χ0v) is 6.55. The lowest BCUT2D eigenvalue weighted by atomic mass is 10.5. The molecular formula is C7H14N2.